The zero-order valence-corrected chi connectivity index (χ0v) is 29.2. The molecule has 8 aromatic carbocycles. The van der Waals surface area contributed by atoms with Gasteiger partial charge < -0.3 is 23.9 Å². The molecule has 1 unspecified atom stereocenters. The van der Waals surface area contributed by atoms with Crippen molar-refractivity contribution in [1.29, 1.82) is 0 Å². The van der Waals surface area contributed by atoms with Crippen LogP contribution in [0.5, 0.6) is 5.75 Å². The van der Waals surface area contributed by atoms with Gasteiger partial charge in [-0.3, -0.25) is 0 Å². The molecule has 10 aromatic rings. The Labute approximate surface area is 311 Å². The summed E-state index contributed by atoms with van der Waals surface area (Å²) in [6.45, 7) is 0. The van der Waals surface area contributed by atoms with Crippen molar-refractivity contribution in [3.8, 4) is 22.6 Å². The van der Waals surface area contributed by atoms with Crippen LogP contribution in [0.4, 0.5) is 22.7 Å². The lowest BCUT2D eigenvalue weighted by molar-refractivity contribution is 0.263. The number of hydrogen-bond acceptors (Lipinski definition) is 4. The van der Waals surface area contributed by atoms with E-state index in [0.717, 1.165) is 78.3 Å². The van der Waals surface area contributed by atoms with Crippen molar-refractivity contribution in [3.63, 3.8) is 0 Å². The molecule has 0 fully saturated rings. The Kier molecular flexibility index (Phi) is 6.85. The first kappa shape index (κ1) is 30.4. The summed E-state index contributed by atoms with van der Waals surface area (Å²) in [5.41, 5.74) is 12.5. The van der Waals surface area contributed by atoms with Gasteiger partial charge in [-0.1, -0.05) is 115 Å². The van der Waals surface area contributed by atoms with Gasteiger partial charge in [-0.15, -0.1) is 0 Å². The molecule has 0 bridgehead atoms. The molecule has 0 amide bonds. The average Bonchev–Trinajstić information content (AvgIpc) is 3.94. The number of furan rings is 1. The minimum atomic E-state index is -0.281. The molecule has 256 valence electrons. The molecule has 0 radical (unpaired) electrons. The van der Waals surface area contributed by atoms with Crippen molar-refractivity contribution in [2.75, 3.05) is 10.2 Å². The van der Waals surface area contributed by atoms with Crippen LogP contribution < -0.4 is 15.0 Å². The smallest absolute Gasteiger partial charge is 0.196 e. The van der Waals surface area contributed by atoms with E-state index in [1.807, 2.05) is 24.3 Å². The summed E-state index contributed by atoms with van der Waals surface area (Å²) in [4.78, 5) is 2.39. The maximum absolute atomic E-state index is 6.67. The van der Waals surface area contributed by atoms with Crippen molar-refractivity contribution in [2.24, 2.45) is 0 Å². The van der Waals surface area contributed by atoms with Crippen molar-refractivity contribution in [1.82, 2.24) is 4.57 Å². The monoisotopic (exact) mass is 695 g/mol. The molecule has 1 N–H and O–H groups in total. The van der Waals surface area contributed by atoms with Crippen molar-refractivity contribution < 1.29 is 9.15 Å². The van der Waals surface area contributed by atoms with E-state index in [-0.39, 0.29) is 6.23 Å². The predicted octanol–water partition coefficient (Wildman–Crippen LogP) is 13.3. The first-order chi connectivity index (χ1) is 26.8. The van der Waals surface area contributed by atoms with E-state index in [2.05, 4.69) is 179 Å². The van der Waals surface area contributed by atoms with Gasteiger partial charge in [0, 0.05) is 38.8 Å². The van der Waals surface area contributed by atoms with E-state index in [1.54, 1.807) is 0 Å². The molecule has 5 heteroatoms. The fourth-order valence-corrected chi connectivity index (χ4v) is 8.19. The Hall–Kier alpha value is -7.24. The second kappa shape index (κ2) is 12.2. The molecule has 1 atom stereocenters. The van der Waals surface area contributed by atoms with E-state index in [4.69, 9.17) is 9.15 Å². The lowest BCUT2D eigenvalue weighted by atomic mass is 10.0. The van der Waals surface area contributed by atoms with Crippen LogP contribution in [0.1, 0.15) is 11.8 Å². The molecule has 0 spiro atoms. The number of aromatic nitrogens is 1. The van der Waals surface area contributed by atoms with Crippen LogP contribution in [0.2, 0.25) is 0 Å². The molecule has 54 heavy (non-hydrogen) atoms. The second-order valence-electron chi connectivity index (χ2n) is 13.8. The second-order valence-corrected chi connectivity index (χ2v) is 13.8. The molecule has 5 nitrogen and oxygen atoms in total. The molecule has 3 heterocycles. The van der Waals surface area contributed by atoms with Crippen molar-refractivity contribution in [3.05, 3.63) is 194 Å². The largest absolute Gasteiger partial charge is 0.464 e. The van der Waals surface area contributed by atoms with Crippen LogP contribution in [0.3, 0.4) is 0 Å². The summed E-state index contributed by atoms with van der Waals surface area (Å²) in [5.74, 6) is 0.808. The molecule has 1 aliphatic rings. The van der Waals surface area contributed by atoms with E-state index in [0.29, 0.717) is 0 Å². The van der Waals surface area contributed by atoms with E-state index >= 15 is 0 Å². The molecule has 0 aliphatic carbocycles. The van der Waals surface area contributed by atoms with Crippen LogP contribution in [0.25, 0.3) is 60.6 Å². The van der Waals surface area contributed by atoms with Crippen molar-refractivity contribution >= 4 is 66.5 Å². The number of para-hydroxylation sites is 2. The summed E-state index contributed by atoms with van der Waals surface area (Å²) < 4.78 is 15.5. The summed E-state index contributed by atoms with van der Waals surface area (Å²) >= 11 is 0. The molecule has 11 rings (SSSR count). The minimum absolute atomic E-state index is 0.281. The Bertz CT molecular complexity index is 3000. The standard InChI is InChI=1S/C49H33N3O2/c1-4-14-32(15-5-1)34-18-12-21-36(30-34)51(42-24-13-25-43-46(42)38-22-10-11-23-41(38)52(43)35-19-8-3-9-20-35)37-26-28-44-39(31-37)47-45(53-44)29-27-40-48(47)54-49(50-40)33-16-6-2-7-17-33/h1-31,49-50H. The van der Waals surface area contributed by atoms with Crippen LogP contribution in [0, 0.1) is 0 Å². The van der Waals surface area contributed by atoms with Gasteiger partial charge in [0.25, 0.3) is 0 Å². The zero-order valence-electron chi connectivity index (χ0n) is 29.2. The highest BCUT2D eigenvalue weighted by Gasteiger charge is 2.28. The third-order valence-electron chi connectivity index (χ3n) is 10.6. The maximum atomic E-state index is 6.67. The average molecular weight is 696 g/mol. The number of nitrogens with one attached hydrogen (secondary N) is 1. The number of anilines is 4. The molecule has 1 aliphatic heterocycles. The highest BCUT2D eigenvalue weighted by molar-refractivity contribution is 6.17. The van der Waals surface area contributed by atoms with Gasteiger partial charge in [-0.25, -0.2) is 0 Å². The van der Waals surface area contributed by atoms with Gasteiger partial charge in [0.1, 0.15) is 11.2 Å². The van der Waals surface area contributed by atoms with E-state index in [1.165, 1.54) is 16.3 Å². The number of fused-ring (bicyclic) bond motifs is 8. The van der Waals surface area contributed by atoms with Gasteiger partial charge in [-0.05, 0) is 83.9 Å². The highest BCUT2D eigenvalue weighted by Crippen LogP contribution is 2.49. The zero-order chi connectivity index (χ0) is 35.6. The first-order valence-corrected chi connectivity index (χ1v) is 18.3. The SMILES string of the molecule is c1ccc(-c2cccc(N(c3ccc4oc5ccc6c(c5c4c3)OC(c3ccccc3)N6)c3cccc4c3c3ccccc3n4-c3ccccc3)c2)cc1. The summed E-state index contributed by atoms with van der Waals surface area (Å²) in [6.07, 6.45) is -0.281. The first-order valence-electron chi connectivity index (χ1n) is 18.3. The minimum Gasteiger partial charge on any atom is -0.464 e. The summed E-state index contributed by atoms with van der Waals surface area (Å²) in [7, 11) is 0. The topological polar surface area (TPSA) is 42.6 Å². The number of hydrogen-bond donors (Lipinski definition) is 1. The lowest BCUT2D eigenvalue weighted by Gasteiger charge is -2.27. The maximum Gasteiger partial charge on any atom is 0.196 e. The van der Waals surface area contributed by atoms with Crippen LogP contribution in [-0.2, 0) is 0 Å². The molecule has 0 saturated heterocycles. The Morgan fingerprint density at radius 2 is 1.19 bits per heavy atom. The van der Waals surface area contributed by atoms with Gasteiger partial charge >= 0.3 is 0 Å². The summed E-state index contributed by atoms with van der Waals surface area (Å²) in [5, 5.41) is 7.92. The molecule has 2 aromatic heterocycles. The number of ether oxygens (including phenoxy) is 1. The molecular weight excluding hydrogens is 663 g/mol. The van der Waals surface area contributed by atoms with E-state index < -0.39 is 0 Å². The Balaban J connectivity index is 1.16. The fourth-order valence-electron chi connectivity index (χ4n) is 8.19. The Morgan fingerprint density at radius 1 is 0.500 bits per heavy atom. The predicted molar refractivity (Wildman–Crippen MR) is 222 cm³/mol. The third-order valence-corrected chi connectivity index (χ3v) is 10.6. The van der Waals surface area contributed by atoms with Crippen LogP contribution >= 0.6 is 0 Å². The number of nitrogens with zero attached hydrogens (tertiary/aromatic N) is 2. The van der Waals surface area contributed by atoms with Crippen LogP contribution in [-0.4, -0.2) is 4.57 Å². The quantitative estimate of drug-likeness (QED) is 0.188. The van der Waals surface area contributed by atoms with Crippen LogP contribution in [0.15, 0.2) is 192 Å². The lowest BCUT2D eigenvalue weighted by Crippen LogP contribution is -2.10. The van der Waals surface area contributed by atoms with Gasteiger partial charge in [-0.2, -0.15) is 0 Å². The molecular formula is C49H33N3O2. The molecule has 0 saturated carbocycles. The van der Waals surface area contributed by atoms with Gasteiger partial charge in [0.05, 0.1) is 27.8 Å². The Morgan fingerprint density at radius 3 is 2.04 bits per heavy atom. The van der Waals surface area contributed by atoms with Gasteiger partial charge in [0.15, 0.2) is 12.0 Å². The fraction of sp³-hybridized carbons (Fsp3) is 0.0204. The van der Waals surface area contributed by atoms with Crippen molar-refractivity contribution in [2.45, 2.75) is 6.23 Å². The normalized spacial score (nSPS) is 13.7. The van der Waals surface area contributed by atoms with Gasteiger partial charge in [0.2, 0.25) is 0 Å². The highest BCUT2D eigenvalue weighted by atomic mass is 16.5. The van der Waals surface area contributed by atoms with E-state index in [9.17, 15) is 0 Å². The third kappa shape index (κ3) is 4.79. The number of benzene rings is 8. The summed E-state index contributed by atoms with van der Waals surface area (Å²) in [6, 6.07) is 66.3. The number of rotatable bonds is 6.